The van der Waals surface area contributed by atoms with Crippen molar-refractivity contribution in [2.45, 2.75) is 64.0 Å². The Morgan fingerprint density at radius 2 is 1.94 bits per heavy atom. The van der Waals surface area contributed by atoms with Crippen molar-refractivity contribution in [3.8, 4) is 11.5 Å². The normalized spacial score (nSPS) is 22.5. The van der Waals surface area contributed by atoms with Gasteiger partial charge in [-0.25, -0.2) is 4.39 Å². The van der Waals surface area contributed by atoms with Gasteiger partial charge in [-0.3, -0.25) is 9.78 Å². The minimum absolute atomic E-state index is 0.160. The second-order valence-electron chi connectivity index (χ2n) is 9.38. The van der Waals surface area contributed by atoms with Crippen molar-refractivity contribution < 1.29 is 23.1 Å². The molecule has 0 radical (unpaired) electrons. The van der Waals surface area contributed by atoms with Crippen LogP contribution in [0.2, 0.25) is 0 Å². The number of benzene rings is 1. The van der Waals surface area contributed by atoms with E-state index >= 15 is 0 Å². The van der Waals surface area contributed by atoms with Gasteiger partial charge >= 0.3 is 0 Å². The zero-order valence-electron chi connectivity index (χ0n) is 19.5. The lowest BCUT2D eigenvalue weighted by Crippen LogP contribution is -2.77. The van der Waals surface area contributed by atoms with Crippen molar-refractivity contribution in [2.24, 2.45) is 0 Å². The number of carbonyl (C=O) groups is 1. The van der Waals surface area contributed by atoms with Crippen LogP contribution in [0.15, 0.2) is 34.7 Å². The van der Waals surface area contributed by atoms with E-state index in [4.69, 9.17) is 13.9 Å². The van der Waals surface area contributed by atoms with Gasteiger partial charge in [0.2, 0.25) is 5.89 Å². The number of amides is 1. The predicted molar refractivity (Wildman–Crippen MR) is 120 cm³/mol. The number of aryl methyl sites for hydroxylation is 3. The lowest BCUT2D eigenvalue weighted by atomic mass is 9.39. The molecule has 3 aliphatic carbocycles. The van der Waals surface area contributed by atoms with Crippen LogP contribution in [-0.2, 0) is 23.2 Å². The zero-order valence-corrected chi connectivity index (χ0v) is 19.5. The molecule has 1 aromatic carbocycles. The zero-order chi connectivity index (χ0) is 23.9. The third-order valence-corrected chi connectivity index (χ3v) is 6.63. The van der Waals surface area contributed by atoms with Crippen LogP contribution in [0.4, 0.5) is 4.39 Å². The number of aromatic nitrogens is 3. The van der Waals surface area contributed by atoms with E-state index in [2.05, 4.69) is 20.5 Å². The van der Waals surface area contributed by atoms with Gasteiger partial charge < -0.3 is 19.2 Å². The Bertz CT molecular complexity index is 1220. The van der Waals surface area contributed by atoms with Crippen molar-refractivity contribution >= 4 is 5.91 Å². The summed E-state index contributed by atoms with van der Waals surface area (Å²) in [4.78, 5) is 16.8. The summed E-state index contributed by atoms with van der Waals surface area (Å²) < 4.78 is 30.8. The number of halogens is 1. The average Bonchev–Trinajstić information content (AvgIpc) is 3.23. The summed E-state index contributed by atoms with van der Waals surface area (Å²) in [6, 6.07) is 8.38. The molecule has 3 fully saturated rings. The van der Waals surface area contributed by atoms with Gasteiger partial charge in [-0.2, -0.15) is 0 Å². The molecule has 0 unspecified atom stereocenters. The molecule has 34 heavy (non-hydrogen) atoms. The molecule has 2 heterocycles. The Balaban J connectivity index is 1.11. The first-order valence-corrected chi connectivity index (χ1v) is 11.4. The first-order valence-electron chi connectivity index (χ1n) is 11.4. The number of nitrogens with zero attached hydrogens (tertiary/aromatic N) is 3. The monoisotopic (exact) mass is 466 g/mol. The quantitative estimate of drug-likeness (QED) is 0.513. The molecule has 0 atom stereocenters. The van der Waals surface area contributed by atoms with Crippen molar-refractivity contribution in [1.29, 1.82) is 0 Å². The highest BCUT2D eigenvalue weighted by molar-refractivity contribution is 5.79. The second-order valence-corrected chi connectivity index (χ2v) is 9.38. The van der Waals surface area contributed by atoms with Gasteiger partial charge in [0.1, 0.15) is 17.3 Å². The first-order chi connectivity index (χ1) is 16.3. The van der Waals surface area contributed by atoms with Crippen molar-refractivity contribution in [1.82, 2.24) is 20.5 Å². The summed E-state index contributed by atoms with van der Waals surface area (Å²) in [5.74, 6) is 1.47. The summed E-state index contributed by atoms with van der Waals surface area (Å²) >= 11 is 0. The molecule has 8 nitrogen and oxygen atoms in total. The van der Waals surface area contributed by atoms with E-state index in [1.165, 1.54) is 6.07 Å². The van der Waals surface area contributed by atoms with E-state index in [0.717, 1.165) is 42.8 Å². The fraction of sp³-hybridized carbons (Fsp3) is 0.440. The second kappa shape index (κ2) is 8.38. The van der Waals surface area contributed by atoms with Crippen molar-refractivity contribution in [3.05, 3.63) is 64.9 Å². The van der Waals surface area contributed by atoms with E-state index in [9.17, 15) is 9.18 Å². The number of carbonyl (C=O) groups excluding carboxylic acids is 1. The van der Waals surface area contributed by atoms with Gasteiger partial charge in [0.15, 0.2) is 13.2 Å². The van der Waals surface area contributed by atoms with E-state index in [1.54, 1.807) is 19.1 Å². The van der Waals surface area contributed by atoms with Gasteiger partial charge in [0.05, 0.1) is 11.1 Å². The number of rotatable bonds is 9. The Hall–Kier alpha value is -3.49. The molecule has 0 aliphatic heterocycles. The number of nitrogens with one attached hydrogen (secondary N) is 1. The van der Waals surface area contributed by atoms with E-state index in [1.807, 2.05) is 26.0 Å². The number of ether oxygens (including phenoxy) is 2. The Morgan fingerprint density at radius 3 is 2.68 bits per heavy atom. The molecule has 1 amide bonds. The minimum Gasteiger partial charge on any atom is -0.484 e. The van der Waals surface area contributed by atoms with E-state index < -0.39 is 0 Å². The van der Waals surface area contributed by atoms with Crippen LogP contribution in [0.1, 0.15) is 54.9 Å². The van der Waals surface area contributed by atoms with E-state index in [-0.39, 0.29) is 35.9 Å². The topological polar surface area (TPSA) is 99.4 Å². The first kappa shape index (κ1) is 22.3. The van der Waals surface area contributed by atoms with Crippen LogP contribution < -0.4 is 14.8 Å². The fourth-order valence-corrected chi connectivity index (χ4v) is 4.94. The van der Waals surface area contributed by atoms with Crippen LogP contribution in [0, 0.1) is 19.7 Å². The van der Waals surface area contributed by atoms with Crippen molar-refractivity contribution in [2.75, 3.05) is 6.61 Å². The largest absolute Gasteiger partial charge is 0.484 e. The molecule has 3 saturated carbocycles. The van der Waals surface area contributed by atoms with Gasteiger partial charge in [0.25, 0.3) is 11.8 Å². The Kier molecular flexibility index (Phi) is 5.50. The highest BCUT2D eigenvalue weighted by atomic mass is 19.1. The maximum absolute atomic E-state index is 13.6. The summed E-state index contributed by atoms with van der Waals surface area (Å²) in [5.41, 5.74) is 1.94. The molecule has 6 rings (SSSR count). The Morgan fingerprint density at radius 1 is 1.15 bits per heavy atom. The number of hydrogen-bond donors (Lipinski definition) is 1. The van der Waals surface area contributed by atoms with E-state index in [0.29, 0.717) is 23.1 Å². The van der Waals surface area contributed by atoms with Gasteiger partial charge in [-0.1, -0.05) is 13.0 Å². The molecule has 1 N–H and O–H groups in total. The van der Waals surface area contributed by atoms with Crippen LogP contribution in [-0.4, -0.2) is 33.2 Å². The highest BCUT2D eigenvalue weighted by Crippen LogP contribution is 2.67. The van der Waals surface area contributed by atoms with Gasteiger partial charge in [-0.05, 0) is 63.3 Å². The molecular weight excluding hydrogens is 439 g/mol. The van der Waals surface area contributed by atoms with Crippen LogP contribution >= 0.6 is 0 Å². The number of hydrogen-bond acceptors (Lipinski definition) is 7. The summed E-state index contributed by atoms with van der Waals surface area (Å²) in [6.07, 6.45) is 3.01. The Labute approximate surface area is 196 Å². The molecular formula is C25H27FN4O4. The van der Waals surface area contributed by atoms with Gasteiger partial charge in [0, 0.05) is 17.3 Å². The molecule has 3 aromatic rings. The van der Waals surface area contributed by atoms with Crippen LogP contribution in [0.3, 0.4) is 0 Å². The summed E-state index contributed by atoms with van der Waals surface area (Å²) in [7, 11) is 0. The van der Waals surface area contributed by atoms with Gasteiger partial charge in [-0.15, -0.1) is 10.2 Å². The minimum atomic E-state index is -0.357. The van der Waals surface area contributed by atoms with Crippen LogP contribution in [0.5, 0.6) is 11.5 Å². The lowest BCUT2D eigenvalue weighted by Gasteiger charge is -2.68. The molecule has 9 heteroatoms. The van der Waals surface area contributed by atoms with Crippen molar-refractivity contribution in [3.63, 3.8) is 0 Å². The predicted octanol–water partition coefficient (Wildman–Crippen LogP) is 3.73. The highest BCUT2D eigenvalue weighted by Gasteiger charge is 2.71. The SMILES string of the molecule is CCc1nc(C)ccc1OCc1nnc(C23CC(NC(=O)COc4ccc(C)c(F)c4)(C2)C3)o1. The smallest absolute Gasteiger partial charge is 0.258 e. The number of pyridine rings is 1. The maximum atomic E-state index is 13.6. The summed E-state index contributed by atoms with van der Waals surface area (Å²) in [5, 5.41) is 11.4. The molecule has 178 valence electrons. The van der Waals surface area contributed by atoms with Crippen LogP contribution in [0.25, 0.3) is 0 Å². The molecule has 3 aliphatic rings. The maximum Gasteiger partial charge on any atom is 0.258 e. The fourth-order valence-electron chi connectivity index (χ4n) is 4.94. The molecule has 2 bridgehead atoms. The standard InChI is InChI=1S/C25H27FN4O4/c1-4-19-20(8-6-16(3)27-19)33-11-22-29-30-23(34-22)24-12-25(13-24,14-24)28-21(31)10-32-17-7-5-15(2)18(26)9-17/h5-9H,4,10-14H2,1-3H3,(H,28,31). The molecule has 0 saturated heterocycles. The average molecular weight is 467 g/mol. The summed E-state index contributed by atoms with van der Waals surface area (Å²) in [6.45, 7) is 5.68. The third-order valence-electron chi connectivity index (χ3n) is 6.63. The molecule has 2 aromatic heterocycles. The third kappa shape index (κ3) is 4.10. The molecule has 0 spiro atoms. The lowest BCUT2D eigenvalue weighted by molar-refractivity contribution is -0.143.